The highest BCUT2D eigenvalue weighted by Crippen LogP contribution is 2.37. The SMILES string of the molecule is O=C1CCN(c2ccccc2)c2cc(Cl)c(F)cc2N1. The van der Waals surface area contributed by atoms with E-state index in [1.807, 2.05) is 35.2 Å². The smallest absolute Gasteiger partial charge is 0.226 e. The predicted molar refractivity (Wildman–Crippen MR) is 78.1 cm³/mol. The van der Waals surface area contributed by atoms with Crippen molar-refractivity contribution < 1.29 is 9.18 Å². The lowest BCUT2D eigenvalue weighted by Crippen LogP contribution is -2.18. The number of amides is 1. The Labute approximate surface area is 121 Å². The van der Waals surface area contributed by atoms with Gasteiger partial charge >= 0.3 is 0 Å². The summed E-state index contributed by atoms with van der Waals surface area (Å²) in [5.41, 5.74) is 2.08. The molecule has 0 radical (unpaired) electrons. The molecule has 3 nitrogen and oxygen atoms in total. The molecule has 0 atom stereocenters. The number of carbonyl (C=O) groups excluding carboxylic acids is 1. The van der Waals surface area contributed by atoms with Crippen LogP contribution in [0.3, 0.4) is 0 Å². The summed E-state index contributed by atoms with van der Waals surface area (Å²) in [6, 6.07) is 12.4. The zero-order valence-corrected chi connectivity index (χ0v) is 11.3. The van der Waals surface area contributed by atoms with Crippen LogP contribution in [0, 0.1) is 5.82 Å². The first-order valence-corrected chi connectivity index (χ1v) is 6.64. The predicted octanol–water partition coefficient (Wildman–Crippen LogP) is 3.96. The number of nitrogens with zero attached hydrogens (tertiary/aromatic N) is 1. The van der Waals surface area contributed by atoms with Crippen molar-refractivity contribution in [3.05, 3.63) is 53.3 Å². The van der Waals surface area contributed by atoms with Crippen LogP contribution in [0.15, 0.2) is 42.5 Å². The van der Waals surface area contributed by atoms with Crippen LogP contribution in [0.2, 0.25) is 5.02 Å². The van der Waals surface area contributed by atoms with Gasteiger partial charge in [-0.25, -0.2) is 4.39 Å². The summed E-state index contributed by atoms with van der Waals surface area (Å²) in [6.07, 6.45) is 0.336. The van der Waals surface area contributed by atoms with Gasteiger partial charge in [-0.05, 0) is 18.2 Å². The number of hydrogen-bond donors (Lipinski definition) is 1. The third-order valence-corrected chi connectivity index (χ3v) is 3.52. The van der Waals surface area contributed by atoms with Gasteiger partial charge in [0.15, 0.2) is 0 Å². The average molecular weight is 291 g/mol. The molecule has 2 aromatic carbocycles. The topological polar surface area (TPSA) is 32.3 Å². The van der Waals surface area contributed by atoms with E-state index in [0.29, 0.717) is 24.3 Å². The van der Waals surface area contributed by atoms with Gasteiger partial charge in [-0.3, -0.25) is 4.79 Å². The molecule has 0 aromatic heterocycles. The van der Waals surface area contributed by atoms with E-state index in [-0.39, 0.29) is 10.9 Å². The minimum Gasteiger partial charge on any atom is -0.339 e. The van der Waals surface area contributed by atoms with Crippen LogP contribution in [-0.4, -0.2) is 12.5 Å². The molecule has 3 rings (SSSR count). The van der Waals surface area contributed by atoms with Crippen LogP contribution in [0.25, 0.3) is 0 Å². The van der Waals surface area contributed by atoms with Crippen molar-refractivity contribution in [2.75, 3.05) is 16.8 Å². The Hall–Kier alpha value is -2.07. The van der Waals surface area contributed by atoms with E-state index in [1.165, 1.54) is 6.07 Å². The number of fused-ring (bicyclic) bond motifs is 1. The molecule has 5 heteroatoms. The lowest BCUT2D eigenvalue weighted by Gasteiger charge is -2.24. The quantitative estimate of drug-likeness (QED) is 0.862. The molecule has 0 unspecified atom stereocenters. The number of anilines is 3. The van der Waals surface area contributed by atoms with Crippen molar-refractivity contribution in [3.63, 3.8) is 0 Å². The monoisotopic (exact) mass is 290 g/mol. The van der Waals surface area contributed by atoms with Gasteiger partial charge in [0.05, 0.1) is 16.4 Å². The Morgan fingerprint density at radius 2 is 1.95 bits per heavy atom. The fraction of sp³-hybridized carbons (Fsp3) is 0.133. The van der Waals surface area contributed by atoms with Gasteiger partial charge in [0.25, 0.3) is 0 Å². The number of halogens is 2. The summed E-state index contributed by atoms with van der Waals surface area (Å²) in [6.45, 7) is 0.519. The zero-order valence-electron chi connectivity index (χ0n) is 10.6. The standard InChI is InChI=1S/C15H12ClFN2O/c16-11-8-14-13(9-12(11)17)18-15(20)6-7-19(14)10-4-2-1-3-5-10/h1-5,8-9H,6-7H2,(H,18,20). The van der Waals surface area contributed by atoms with Gasteiger partial charge in [0.1, 0.15) is 5.82 Å². The number of benzene rings is 2. The molecular weight excluding hydrogens is 279 g/mol. The second-order valence-electron chi connectivity index (χ2n) is 4.57. The molecule has 0 saturated heterocycles. The summed E-state index contributed by atoms with van der Waals surface area (Å²) in [7, 11) is 0. The Kier molecular flexibility index (Phi) is 3.32. The lowest BCUT2D eigenvalue weighted by molar-refractivity contribution is -0.115. The first kappa shape index (κ1) is 12.9. The summed E-state index contributed by atoms with van der Waals surface area (Å²) in [5, 5.41) is 2.75. The fourth-order valence-corrected chi connectivity index (χ4v) is 2.44. The normalized spacial score (nSPS) is 14.5. The molecule has 1 aliphatic heterocycles. The van der Waals surface area contributed by atoms with E-state index >= 15 is 0 Å². The zero-order chi connectivity index (χ0) is 14.1. The molecule has 1 aliphatic rings. The van der Waals surface area contributed by atoms with E-state index in [2.05, 4.69) is 5.32 Å². The lowest BCUT2D eigenvalue weighted by atomic mass is 10.2. The first-order chi connectivity index (χ1) is 9.65. The van der Waals surface area contributed by atoms with Crippen LogP contribution >= 0.6 is 11.6 Å². The summed E-state index contributed by atoms with van der Waals surface area (Å²) >= 11 is 5.87. The third-order valence-electron chi connectivity index (χ3n) is 3.23. The van der Waals surface area contributed by atoms with Gasteiger partial charge in [0, 0.05) is 24.7 Å². The Balaban J connectivity index is 2.14. The number of rotatable bonds is 1. The number of hydrogen-bond acceptors (Lipinski definition) is 2. The summed E-state index contributed by atoms with van der Waals surface area (Å²) in [4.78, 5) is 13.7. The van der Waals surface area contributed by atoms with Crippen LogP contribution in [0.4, 0.5) is 21.5 Å². The minimum absolute atomic E-state index is 0.0424. The first-order valence-electron chi connectivity index (χ1n) is 6.26. The van der Waals surface area contributed by atoms with E-state index in [0.717, 1.165) is 5.69 Å². The molecule has 2 aromatic rings. The maximum absolute atomic E-state index is 13.6. The van der Waals surface area contributed by atoms with Gasteiger partial charge in [-0.2, -0.15) is 0 Å². The number of para-hydroxylation sites is 1. The highest BCUT2D eigenvalue weighted by Gasteiger charge is 2.22. The van der Waals surface area contributed by atoms with E-state index in [1.54, 1.807) is 6.07 Å². The van der Waals surface area contributed by atoms with Crippen molar-refractivity contribution >= 4 is 34.6 Å². The van der Waals surface area contributed by atoms with Crippen LogP contribution in [0.5, 0.6) is 0 Å². The van der Waals surface area contributed by atoms with Gasteiger partial charge in [0.2, 0.25) is 5.91 Å². The largest absolute Gasteiger partial charge is 0.339 e. The Bertz CT molecular complexity index is 660. The van der Waals surface area contributed by atoms with Crippen molar-refractivity contribution in [2.45, 2.75) is 6.42 Å². The summed E-state index contributed by atoms with van der Waals surface area (Å²) in [5.74, 6) is -0.674. The maximum Gasteiger partial charge on any atom is 0.226 e. The average Bonchev–Trinajstić information content (AvgIpc) is 2.59. The van der Waals surface area contributed by atoms with Crippen molar-refractivity contribution in [1.82, 2.24) is 0 Å². The molecule has 0 saturated carbocycles. The van der Waals surface area contributed by atoms with Crippen LogP contribution < -0.4 is 10.2 Å². The molecule has 1 heterocycles. The molecule has 0 fully saturated rings. The second kappa shape index (κ2) is 5.13. The molecule has 20 heavy (non-hydrogen) atoms. The Morgan fingerprint density at radius 1 is 1.20 bits per heavy atom. The molecule has 0 aliphatic carbocycles. The number of carbonyl (C=O) groups is 1. The third kappa shape index (κ3) is 2.34. The number of nitrogens with one attached hydrogen (secondary N) is 1. The van der Waals surface area contributed by atoms with Crippen LogP contribution in [0.1, 0.15) is 6.42 Å². The van der Waals surface area contributed by atoms with E-state index in [9.17, 15) is 9.18 Å². The van der Waals surface area contributed by atoms with Crippen molar-refractivity contribution in [3.8, 4) is 0 Å². The molecule has 0 spiro atoms. The fourth-order valence-electron chi connectivity index (χ4n) is 2.28. The van der Waals surface area contributed by atoms with Crippen molar-refractivity contribution in [2.24, 2.45) is 0 Å². The van der Waals surface area contributed by atoms with Crippen molar-refractivity contribution in [1.29, 1.82) is 0 Å². The molecule has 1 amide bonds. The maximum atomic E-state index is 13.6. The van der Waals surface area contributed by atoms with E-state index < -0.39 is 5.82 Å². The highest BCUT2D eigenvalue weighted by molar-refractivity contribution is 6.31. The van der Waals surface area contributed by atoms with Gasteiger partial charge < -0.3 is 10.2 Å². The molecule has 0 bridgehead atoms. The summed E-state index contributed by atoms with van der Waals surface area (Å²) < 4.78 is 13.6. The second-order valence-corrected chi connectivity index (χ2v) is 4.98. The highest BCUT2D eigenvalue weighted by atomic mass is 35.5. The molecule has 102 valence electrons. The van der Waals surface area contributed by atoms with Gasteiger partial charge in [-0.15, -0.1) is 0 Å². The molecule has 1 N–H and O–H groups in total. The van der Waals surface area contributed by atoms with Gasteiger partial charge in [-0.1, -0.05) is 29.8 Å². The minimum atomic E-state index is -0.541. The van der Waals surface area contributed by atoms with E-state index in [4.69, 9.17) is 11.6 Å². The Morgan fingerprint density at radius 3 is 2.70 bits per heavy atom. The molecular formula is C15H12ClFN2O. The van der Waals surface area contributed by atoms with Crippen LogP contribution in [-0.2, 0) is 4.79 Å².